The second-order valence-electron chi connectivity index (χ2n) is 7.08. The zero-order valence-electron chi connectivity index (χ0n) is 15.1. The average molecular weight is 373 g/mol. The Morgan fingerprint density at radius 1 is 1.04 bits per heavy atom. The molecule has 5 heteroatoms. The van der Waals surface area contributed by atoms with Crippen molar-refractivity contribution in [2.75, 3.05) is 44.3 Å². The Bertz CT molecular complexity index is 762. The average Bonchev–Trinajstić information content (AvgIpc) is 2.90. The summed E-state index contributed by atoms with van der Waals surface area (Å²) in [6, 6.07) is 18.4. The summed E-state index contributed by atoms with van der Waals surface area (Å²) in [6.45, 7) is 7.48. The van der Waals surface area contributed by atoms with Gasteiger partial charge >= 0.3 is 0 Å². The Hall–Kier alpha value is -1.88. The first-order chi connectivity index (χ1) is 12.2. The third-order valence-corrected chi connectivity index (χ3v) is 5.65. The summed E-state index contributed by atoms with van der Waals surface area (Å²) in [5.41, 5.74) is 2.64. The van der Waals surface area contributed by atoms with Crippen LogP contribution in [0.15, 0.2) is 54.6 Å². The molecule has 0 aliphatic carbocycles. The van der Waals surface area contributed by atoms with E-state index in [9.17, 15) is 4.79 Å². The molecule has 26 heavy (non-hydrogen) atoms. The van der Waals surface area contributed by atoms with E-state index in [0.717, 1.165) is 56.2 Å². The predicted molar refractivity (Wildman–Crippen MR) is 98.1 cm³/mol. The minimum atomic E-state index is -0.599. The number of halogens is 1. The zero-order valence-corrected chi connectivity index (χ0v) is 15.8. The number of para-hydroxylation sites is 1. The van der Waals surface area contributed by atoms with Crippen LogP contribution in [0.3, 0.4) is 0 Å². The summed E-state index contributed by atoms with van der Waals surface area (Å²) < 4.78 is 5.44. The number of anilines is 1. The van der Waals surface area contributed by atoms with Gasteiger partial charge in [-0.05, 0) is 24.1 Å². The van der Waals surface area contributed by atoms with E-state index < -0.39 is 5.41 Å². The predicted octanol–water partition coefficient (Wildman–Crippen LogP) is -1.74. The van der Waals surface area contributed by atoms with E-state index in [2.05, 4.69) is 31.2 Å². The molecule has 2 heterocycles. The number of carbonyl (C=O) groups excluding carboxylic acids is 1. The normalized spacial score (nSPS) is 22.8. The van der Waals surface area contributed by atoms with Crippen molar-refractivity contribution in [2.45, 2.75) is 12.3 Å². The number of fused-ring (bicyclic) bond motifs is 1. The molecule has 4 rings (SSSR count). The van der Waals surface area contributed by atoms with Crippen molar-refractivity contribution in [3.63, 3.8) is 0 Å². The Morgan fingerprint density at radius 3 is 2.42 bits per heavy atom. The van der Waals surface area contributed by atoms with Crippen LogP contribution in [0, 0.1) is 0 Å². The van der Waals surface area contributed by atoms with Crippen LogP contribution in [-0.2, 0) is 14.9 Å². The maximum atomic E-state index is 13.4. The smallest absolute Gasteiger partial charge is 0.242 e. The second kappa shape index (κ2) is 7.78. The van der Waals surface area contributed by atoms with Crippen LogP contribution in [0.25, 0.3) is 0 Å². The highest BCUT2D eigenvalue weighted by Crippen LogP contribution is 2.45. The second-order valence-corrected chi connectivity index (χ2v) is 7.08. The van der Waals surface area contributed by atoms with Gasteiger partial charge < -0.3 is 26.9 Å². The van der Waals surface area contributed by atoms with Gasteiger partial charge in [0.1, 0.15) is 13.1 Å². The van der Waals surface area contributed by atoms with Gasteiger partial charge in [0, 0.05) is 5.69 Å². The zero-order chi connectivity index (χ0) is 17.3. The molecular formula is C21H25ClN2O2. The lowest BCUT2D eigenvalue weighted by Gasteiger charge is -2.28. The van der Waals surface area contributed by atoms with Crippen LogP contribution in [-0.4, -0.2) is 45.3 Å². The highest BCUT2D eigenvalue weighted by atomic mass is 35.5. The number of hydrogen-bond donors (Lipinski definition) is 1. The van der Waals surface area contributed by atoms with Crippen LogP contribution >= 0.6 is 0 Å². The SMILES string of the molecule is CC1(c2ccccc2)C(=O)N(CC[NH+]2CCOCC2)c2ccccc21.[Cl-]. The Kier molecular flexibility index (Phi) is 5.66. The van der Waals surface area contributed by atoms with Gasteiger partial charge in [-0.1, -0.05) is 48.5 Å². The summed E-state index contributed by atoms with van der Waals surface area (Å²) >= 11 is 0. The first-order valence-corrected chi connectivity index (χ1v) is 9.09. The Morgan fingerprint density at radius 2 is 1.69 bits per heavy atom. The molecule has 1 unspecified atom stereocenters. The number of rotatable bonds is 4. The third-order valence-electron chi connectivity index (χ3n) is 5.65. The largest absolute Gasteiger partial charge is 1.00 e. The maximum Gasteiger partial charge on any atom is 0.242 e. The van der Waals surface area contributed by atoms with E-state index in [4.69, 9.17) is 4.74 Å². The van der Waals surface area contributed by atoms with Crippen molar-refractivity contribution in [2.24, 2.45) is 0 Å². The van der Waals surface area contributed by atoms with Crippen molar-refractivity contribution in [3.05, 3.63) is 65.7 Å². The fraction of sp³-hybridized carbons (Fsp3) is 0.381. The lowest BCUT2D eigenvalue weighted by molar-refractivity contribution is -0.906. The first-order valence-electron chi connectivity index (χ1n) is 9.09. The summed E-state index contributed by atoms with van der Waals surface area (Å²) in [6.07, 6.45) is 0. The Labute approximate surface area is 161 Å². The van der Waals surface area contributed by atoms with Gasteiger partial charge in [0.05, 0.1) is 31.7 Å². The maximum absolute atomic E-state index is 13.4. The van der Waals surface area contributed by atoms with Gasteiger partial charge in [-0.25, -0.2) is 0 Å². The molecule has 2 aliphatic heterocycles. The number of hydrogen-bond acceptors (Lipinski definition) is 2. The lowest BCUT2D eigenvalue weighted by Crippen LogP contribution is -3.14. The molecule has 1 amide bonds. The van der Waals surface area contributed by atoms with E-state index >= 15 is 0 Å². The third kappa shape index (κ3) is 3.13. The number of nitrogens with zero attached hydrogens (tertiary/aromatic N) is 1. The fourth-order valence-electron chi connectivity index (χ4n) is 4.08. The van der Waals surface area contributed by atoms with Crippen LogP contribution in [0.1, 0.15) is 18.1 Å². The molecule has 0 bridgehead atoms. The topological polar surface area (TPSA) is 34.0 Å². The van der Waals surface area contributed by atoms with Crippen molar-refractivity contribution >= 4 is 11.6 Å². The molecule has 0 spiro atoms. The van der Waals surface area contributed by atoms with Gasteiger partial charge in [-0.2, -0.15) is 0 Å². The molecule has 1 atom stereocenters. The van der Waals surface area contributed by atoms with Gasteiger partial charge in [-0.15, -0.1) is 0 Å². The molecule has 1 saturated heterocycles. The molecule has 138 valence electrons. The molecular weight excluding hydrogens is 348 g/mol. The van der Waals surface area contributed by atoms with Gasteiger partial charge in [-0.3, -0.25) is 4.79 Å². The number of carbonyl (C=O) groups is 1. The van der Waals surface area contributed by atoms with Crippen LogP contribution in [0.4, 0.5) is 5.69 Å². The first kappa shape index (κ1) is 18.9. The van der Waals surface area contributed by atoms with E-state index in [1.807, 2.05) is 35.2 Å². The molecule has 0 saturated carbocycles. The number of quaternary nitrogens is 1. The van der Waals surface area contributed by atoms with Crippen molar-refractivity contribution < 1.29 is 26.8 Å². The van der Waals surface area contributed by atoms with E-state index in [1.54, 1.807) is 0 Å². The van der Waals surface area contributed by atoms with Gasteiger partial charge in [0.2, 0.25) is 5.91 Å². The number of benzene rings is 2. The number of ether oxygens (including phenoxy) is 1. The lowest BCUT2D eigenvalue weighted by atomic mass is 9.77. The molecule has 0 radical (unpaired) electrons. The van der Waals surface area contributed by atoms with Gasteiger partial charge in [0.15, 0.2) is 0 Å². The molecule has 2 aromatic carbocycles. The van der Waals surface area contributed by atoms with E-state index in [-0.39, 0.29) is 18.3 Å². The molecule has 1 N–H and O–H groups in total. The quantitative estimate of drug-likeness (QED) is 0.691. The fourth-order valence-corrected chi connectivity index (χ4v) is 4.08. The number of morpholine rings is 1. The number of amides is 1. The molecule has 2 aromatic rings. The minimum absolute atomic E-state index is 0. The molecule has 0 aromatic heterocycles. The summed E-state index contributed by atoms with van der Waals surface area (Å²) in [5.74, 6) is 0.188. The highest BCUT2D eigenvalue weighted by Gasteiger charge is 2.48. The van der Waals surface area contributed by atoms with E-state index in [0.29, 0.717) is 0 Å². The highest BCUT2D eigenvalue weighted by molar-refractivity contribution is 6.10. The summed E-state index contributed by atoms with van der Waals surface area (Å²) in [7, 11) is 0. The Balaban J connectivity index is 0.00000196. The van der Waals surface area contributed by atoms with Crippen molar-refractivity contribution in [1.82, 2.24) is 0 Å². The summed E-state index contributed by atoms with van der Waals surface area (Å²) in [4.78, 5) is 17.0. The minimum Gasteiger partial charge on any atom is -1.00 e. The summed E-state index contributed by atoms with van der Waals surface area (Å²) in [5, 5.41) is 0. The standard InChI is InChI=1S/C21H24N2O2.ClH/c1-21(17-7-3-2-4-8-17)18-9-5-6-10-19(18)23(20(21)24)12-11-22-13-15-25-16-14-22;/h2-10H,11-16H2,1H3;1H. The van der Waals surface area contributed by atoms with Crippen molar-refractivity contribution in [1.29, 1.82) is 0 Å². The van der Waals surface area contributed by atoms with Gasteiger partial charge in [0.25, 0.3) is 0 Å². The van der Waals surface area contributed by atoms with E-state index in [1.165, 1.54) is 4.90 Å². The molecule has 1 fully saturated rings. The van der Waals surface area contributed by atoms with Crippen molar-refractivity contribution in [3.8, 4) is 0 Å². The molecule has 4 nitrogen and oxygen atoms in total. The van der Waals surface area contributed by atoms with Crippen LogP contribution in [0.2, 0.25) is 0 Å². The van der Waals surface area contributed by atoms with Crippen LogP contribution < -0.4 is 22.2 Å². The monoisotopic (exact) mass is 372 g/mol. The molecule has 2 aliphatic rings. The van der Waals surface area contributed by atoms with Crippen LogP contribution in [0.5, 0.6) is 0 Å². The number of nitrogens with one attached hydrogen (secondary N) is 1.